The molecule has 0 atom stereocenters. The predicted molar refractivity (Wildman–Crippen MR) is 95.5 cm³/mol. The Labute approximate surface area is 153 Å². The molecule has 3 aromatic rings. The first-order chi connectivity index (χ1) is 13.0. The first-order valence-electron chi connectivity index (χ1n) is 7.70. The van der Waals surface area contributed by atoms with Crippen molar-refractivity contribution in [3.8, 4) is 17.2 Å². The van der Waals surface area contributed by atoms with Gasteiger partial charge in [0.15, 0.2) is 0 Å². The van der Waals surface area contributed by atoms with Gasteiger partial charge >= 0.3 is 0 Å². The van der Waals surface area contributed by atoms with Gasteiger partial charge in [0.2, 0.25) is 0 Å². The van der Waals surface area contributed by atoms with E-state index >= 15 is 0 Å². The molecule has 1 amide bonds. The first kappa shape index (κ1) is 17.9. The minimum absolute atomic E-state index is 0.114. The number of aromatic nitrogens is 3. The molecule has 10 nitrogen and oxygen atoms in total. The molecule has 10 heteroatoms. The van der Waals surface area contributed by atoms with Crippen molar-refractivity contribution in [2.75, 3.05) is 19.5 Å². The molecule has 0 aliphatic rings. The second kappa shape index (κ2) is 7.52. The van der Waals surface area contributed by atoms with Gasteiger partial charge in [-0.15, -0.1) is 0 Å². The summed E-state index contributed by atoms with van der Waals surface area (Å²) >= 11 is 0. The lowest BCUT2D eigenvalue weighted by molar-refractivity contribution is -0.384. The zero-order chi connectivity index (χ0) is 19.4. The molecule has 0 saturated carbocycles. The molecule has 2 aromatic carbocycles. The van der Waals surface area contributed by atoms with Crippen LogP contribution in [0.15, 0.2) is 49.1 Å². The normalized spacial score (nSPS) is 10.3. The summed E-state index contributed by atoms with van der Waals surface area (Å²) in [5, 5.41) is 18.0. The molecular weight excluding hydrogens is 354 g/mol. The van der Waals surface area contributed by atoms with Gasteiger partial charge in [-0.1, -0.05) is 0 Å². The molecular formula is C17H15N5O5. The Morgan fingerprint density at radius 1 is 1.19 bits per heavy atom. The van der Waals surface area contributed by atoms with Crippen molar-refractivity contribution >= 4 is 17.3 Å². The zero-order valence-electron chi connectivity index (χ0n) is 14.4. The fraction of sp³-hybridized carbons (Fsp3) is 0.118. The molecule has 0 fully saturated rings. The lowest BCUT2D eigenvalue weighted by Crippen LogP contribution is -2.13. The van der Waals surface area contributed by atoms with Gasteiger partial charge in [-0.25, -0.2) is 9.67 Å². The van der Waals surface area contributed by atoms with E-state index in [9.17, 15) is 14.9 Å². The fourth-order valence-corrected chi connectivity index (χ4v) is 2.43. The average molecular weight is 369 g/mol. The van der Waals surface area contributed by atoms with E-state index in [1.54, 1.807) is 18.2 Å². The molecule has 0 unspecified atom stereocenters. The third-order valence-electron chi connectivity index (χ3n) is 3.76. The number of benzene rings is 2. The minimum Gasteiger partial charge on any atom is -0.497 e. The number of anilines is 1. The summed E-state index contributed by atoms with van der Waals surface area (Å²) in [5.74, 6) is 0.445. The van der Waals surface area contributed by atoms with E-state index in [0.717, 1.165) is 0 Å². The number of nitrogens with zero attached hydrogens (tertiary/aromatic N) is 4. The number of amides is 1. The van der Waals surface area contributed by atoms with E-state index in [1.807, 2.05) is 0 Å². The monoisotopic (exact) mass is 369 g/mol. The summed E-state index contributed by atoms with van der Waals surface area (Å²) in [4.78, 5) is 27.1. The highest BCUT2D eigenvalue weighted by atomic mass is 16.6. The second-order valence-corrected chi connectivity index (χ2v) is 5.32. The molecule has 3 rings (SSSR count). The van der Waals surface area contributed by atoms with Crippen LogP contribution < -0.4 is 14.8 Å². The number of nitro groups is 1. The number of nitro benzene ring substituents is 1. The molecule has 1 heterocycles. The maximum Gasteiger partial charge on any atom is 0.295 e. The van der Waals surface area contributed by atoms with Crippen LogP contribution in [-0.2, 0) is 0 Å². The predicted octanol–water partition coefficient (Wildman–Crippen LogP) is 2.45. The van der Waals surface area contributed by atoms with Crippen LogP contribution in [0.5, 0.6) is 11.5 Å². The molecule has 0 radical (unpaired) electrons. The highest BCUT2D eigenvalue weighted by molar-refractivity contribution is 6.05. The topological polar surface area (TPSA) is 121 Å². The maximum atomic E-state index is 12.6. The van der Waals surface area contributed by atoms with Gasteiger partial charge in [0.1, 0.15) is 29.8 Å². The minimum atomic E-state index is -0.582. The van der Waals surface area contributed by atoms with Crippen molar-refractivity contribution in [1.29, 1.82) is 0 Å². The van der Waals surface area contributed by atoms with Gasteiger partial charge in [-0.3, -0.25) is 14.9 Å². The largest absolute Gasteiger partial charge is 0.497 e. The number of hydrogen-bond acceptors (Lipinski definition) is 7. The van der Waals surface area contributed by atoms with Crippen LogP contribution in [0, 0.1) is 10.1 Å². The summed E-state index contributed by atoms with van der Waals surface area (Å²) < 4.78 is 11.6. The smallest absolute Gasteiger partial charge is 0.295 e. The molecule has 0 bridgehead atoms. The lowest BCUT2D eigenvalue weighted by Gasteiger charge is -2.12. The number of methoxy groups -OCH3 is 2. The van der Waals surface area contributed by atoms with E-state index < -0.39 is 10.8 Å². The van der Waals surface area contributed by atoms with Crippen molar-refractivity contribution < 1.29 is 19.2 Å². The fourth-order valence-electron chi connectivity index (χ4n) is 2.43. The summed E-state index contributed by atoms with van der Waals surface area (Å²) in [5.41, 5.74) is 0.459. The number of carbonyl (C=O) groups excluding carboxylic acids is 1. The van der Waals surface area contributed by atoms with Crippen LogP contribution in [-0.4, -0.2) is 39.8 Å². The van der Waals surface area contributed by atoms with Crippen molar-refractivity contribution in [2.45, 2.75) is 0 Å². The summed E-state index contributed by atoms with van der Waals surface area (Å²) in [6.07, 6.45) is 2.60. The maximum absolute atomic E-state index is 12.6. The van der Waals surface area contributed by atoms with Crippen molar-refractivity contribution in [3.63, 3.8) is 0 Å². The Hall–Kier alpha value is -3.95. The Kier molecular flexibility index (Phi) is 4.97. The van der Waals surface area contributed by atoms with E-state index in [0.29, 0.717) is 17.2 Å². The van der Waals surface area contributed by atoms with Crippen molar-refractivity contribution in [3.05, 3.63) is 64.7 Å². The number of carbonyl (C=O) groups is 1. The van der Waals surface area contributed by atoms with Crippen LogP contribution in [0.2, 0.25) is 0 Å². The Morgan fingerprint density at radius 3 is 2.63 bits per heavy atom. The average Bonchev–Trinajstić information content (AvgIpc) is 3.22. The van der Waals surface area contributed by atoms with E-state index in [4.69, 9.17) is 9.47 Å². The van der Waals surface area contributed by atoms with Crippen LogP contribution in [0.25, 0.3) is 5.69 Å². The highest BCUT2D eigenvalue weighted by Gasteiger charge is 2.20. The van der Waals surface area contributed by atoms with Gasteiger partial charge in [0, 0.05) is 17.7 Å². The molecule has 138 valence electrons. The zero-order valence-corrected chi connectivity index (χ0v) is 14.4. The molecule has 0 spiro atoms. The molecule has 0 saturated heterocycles. The van der Waals surface area contributed by atoms with Crippen LogP contribution in [0.1, 0.15) is 10.4 Å². The Bertz CT molecular complexity index is 987. The van der Waals surface area contributed by atoms with Gasteiger partial charge in [0.25, 0.3) is 11.6 Å². The van der Waals surface area contributed by atoms with Gasteiger partial charge in [-0.2, -0.15) is 5.10 Å². The SMILES string of the molecule is COc1ccc(NC(=O)c2ccc(-n3cncn3)c([N+](=O)[O-])c2)c(OC)c1. The summed E-state index contributed by atoms with van der Waals surface area (Å²) in [6, 6.07) is 8.98. The molecule has 27 heavy (non-hydrogen) atoms. The van der Waals surface area contributed by atoms with Crippen molar-refractivity contribution in [2.24, 2.45) is 0 Å². The number of rotatable bonds is 6. The quantitative estimate of drug-likeness (QED) is 0.523. The Morgan fingerprint density at radius 2 is 2.00 bits per heavy atom. The summed E-state index contributed by atoms with van der Waals surface area (Å²) in [7, 11) is 2.98. The number of ether oxygens (including phenoxy) is 2. The van der Waals surface area contributed by atoms with Gasteiger partial charge in [-0.05, 0) is 24.3 Å². The molecule has 1 aromatic heterocycles. The van der Waals surface area contributed by atoms with E-state index in [1.165, 1.54) is 49.8 Å². The third kappa shape index (κ3) is 3.68. The second-order valence-electron chi connectivity index (χ2n) is 5.32. The van der Waals surface area contributed by atoms with Crippen LogP contribution in [0.3, 0.4) is 0 Å². The standard InChI is InChI=1S/C17H15N5O5/c1-26-12-4-5-13(16(8-12)27-2)20-17(23)11-3-6-14(15(7-11)22(24)25)21-10-18-9-19-21/h3-10H,1-2H3,(H,20,23). The van der Waals surface area contributed by atoms with Gasteiger partial charge in [0.05, 0.1) is 24.8 Å². The van der Waals surface area contributed by atoms with Gasteiger partial charge < -0.3 is 14.8 Å². The third-order valence-corrected chi connectivity index (χ3v) is 3.76. The van der Waals surface area contributed by atoms with Crippen LogP contribution in [0.4, 0.5) is 11.4 Å². The lowest BCUT2D eigenvalue weighted by atomic mass is 10.1. The molecule has 0 aliphatic carbocycles. The number of nitrogens with one attached hydrogen (secondary N) is 1. The summed E-state index contributed by atoms with van der Waals surface area (Å²) in [6.45, 7) is 0. The Balaban J connectivity index is 1.92. The highest BCUT2D eigenvalue weighted by Crippen LogP contribution is 2.30. The molecule has 1 N–H and O–H groups in total. The first-order valence-corrected chi connectivity index (χ1v) is 7.70. The molecule has 0 aliphatic heterocycles. The van der Waals surface area contributed by atoms with Crippen LogP contribution >= 0.6 is 0 Å². The van der Waals surface area contributed by atoms with Crippen molar-refractivity contribution in [1.82, 2.24) is 14.8 Å². The van der Waals surface area contributed by atoms with E-state index in [2.05, 4.69) is 15.4 Å². The van der Waals surface area contributed by atoms with E-state index in [-0.39, 0.29) is 16.9 Å². The number of hydrogen-bond donors (Lipinski definition) is 1.